The number of carbonyl (C=O) groups excluding carboxylic acids is 1. The maximum Gasteiger partial charge on any atom is 0.273 e. The Balaban J connectivity index is 1.21. The van der Waals surface area contributed by atoms with E-state index >= 15 is 0 Å². The average Bonchev–Trinajstić information content (AvgIpc) is 3.69. The van der Waals surface area contributed by atoms with Crippen LogP contribution >= 0.6 is 57.7 Å². The van der Waals surface area contributed by atoms with Crippen LogP contribution in [-0.4, -0.2) is 60.2 Å². The van der Waals surface area contributed by atoms with Gasteiger partial charge in [0.25, 0.3) is 11.1 Å². The van der Waals surface area contributed by atoms with Gasteiger partial charge in [0, 0.05) is 43.5 Å². The molecule has 0 spiro atoms. The molecular formula is C30H30Cl4N4O3S. The van der Waals surface area contributed by atoms with Gasteiger partial charge in [0.05, 0.1) is 31.0 Å². The molecule has 2 fully saturated rings. The Bertz CT molecular complexity index is 1500. The van der Waals surface area contributed by atoms with E-state index in [0.717, 1.165) is 53.0 Å². The smallest absolute Gasteiger partial charge is 0.273 e. The number of amides is 1. The molecule has 42 heavy (non-hydrogen) atoms. The van der Waals surface area contributed by atoms with E-state index < -0.39 is 0 Å². The number of aryl methyl sites for hydroxylation is 1. The van der Waals surface area contributed by atoms with Gasteiger partial charge in [-0.25, -0.2) is 4.98 Å². The van der Waals surface area contributed by atoms with Crippen LogP contribution in [0.2, 0.25) is 20.1 Å². The molecule has 3 aliphatic rings. The number of benzene rings is 2. The summed E-state index contributed by atoms with van der Waals surface area (Å²) < 4.78 is 11.7. The first-order valence-corrected chi connectivity index (χ1v) is 16.2. The first-order valence-electron chi connectivity index (χ1n) is 13.9. The van der Waals surface area contributed by atoms with Crippen LogP contribution < -0.4 is 20.1 Å². The van der Waals surface area contributed by atoms with Gasteiger partial charge < -0.3 is 25.0 Å². The van der Waals surface area contributed by atoms with E-state index in [2.05, 4.69) is 15.6 Å². The van der Waals surface area contributed by atoms with Gasteiger partial charge in [-0.05, 0) is 61.1 Å². The van der Waals surface area contributed by atoms with Crippen LogP contribution in [0.25, 0.3) is 5.57 Å². The number of nitrogens with one attached hydrogen (secondary N) is 2. The fourth-order valence-electron chi connectivity index (χ4n) is 5.52. The molecule has 1 aliphatic carbocycles. The quantitative estimate of drug-likeness (QED) is 0.232. The summed E-state index contributed by atoms with van der Waals surface area (Å²) in [4.78, 5) is 21.7. The molecule has 0 radical (unpaired) electrons. The van der Waals surface area contributed by atoms with Crippen molar-refractivity contribution in [3.63, 3.8) is 0 Å². The molecule has 6 rings (SSSR count). The van der Waals surface area contributed by atoms with Gasteiger partial charge in [-0.3, -0.25) is 4.79 Å². The standard InChI is InChI=1S/C30H30Cl4N4O3S/c1-16-9-22(32)28(23(33)10-16)40-7-8-41-30-36-14-25(42-30)20-11-18-12-35-13-24(37-18)26(20)29(39)38(19-5-6-19)15-17-3-2-4-21(31)27(17)34/h2-4,9-10,14,18-19,24,35,37H,5-8,11-13,15H2,1H3/t18-,24-/m0/s1. The number of thiazole rings is 1. The van der Waals surface area contributed by atoms with E-state index in [4.69, 9.17) is 55.9 Å². The molecule has 222 valence electrons. The summed E-state index contributed by atoms with van der Waals surface area (Å²) >= 11 is 26.8. The number of hydrogen-bond donors (Lipinski definition) is 2. The number of aromatic nitrogens is 1. The van der Waals surface area contributed by atoms with Gasteiger partial charge in [0.1, 0.15) is 13.2 Å². The van der Waals surface area contributed by atoms with Crippen LogP contribution in [0, 0.1) is 6.92 Å². The van der Waals surface area contributed by atoms with Gasteiger partial charge >= 0.3 is 0 Å². The third kappa shape index (κ3) is 6.55. The third-order valence-electron chi connectivity index (χ3n) is 7.63. The molecule has 2 N–H and O–H groups in total. The lowest BCUT2D eigenvalue weighted by Crippen LogP contribution is -2.59. The van der Waals surface area contributed by atoms with Crippen LogP contribution in [0.15, 0.2) is 42.1 Å². The Kier molecular flexibility index (Phi) is 9.22. The predicted molar refractivity (Wildman–Crippen MR) is 169 cm³/mol. The zero-order valence-corrected chi connectivity index (χ0v) is 26.7. The van der Waals surface area contributed by atoms with E-state index in [1.807, 2.05) is 24.0 Å². The second-order valence-corrected chi connectivity index (χ2v) is 13.4. The Morgan fingerprint density at radius 1 is 1.07 bits per heavy atom. The monoisotopic (exact) mass is 666 g/mol. The van der Waals surface area contributed by atoms with E-state index in [0.29, 0.717) is 44.1 Å². The molecule has 1 aromatic heterocycles. The Morgan fingerprint density at radius 2 is 1.83 bits per heavy atom. The molecule has 12 heteroatoms. The SMILES string of the molecule is Cc1cc(Cl)c(OCCOc2ncc(C3=C(C(=O)N(Cc4cccc(Cl)c4Cl)C4CC4)[C@@H]4CNC[C@H](C3)N4)s2)c(Cl)c1. The van der Waals surface area contributed by atoms with E-state index in [1.54, 1.807) is 24.4 Å². The second-order valence-electron chi connectivity index (χ2n) is 10.8. The van der Waals surface area contributed by atoms with Crippen molar-refractivity contribution in [3.8, 4) is 10.9 Å². The van der Waals surface area contributed by atoms with Gasteiger partial charge in [-0.15, -0.1) is 0 Å². The lowest BCUT2D eigenvalue weighted by molar-refractivity contribution is -0.128. The fourth-order valence-corrected chi connectivity index (χ4v) is 7.47. The van der Waals surface area contributed by atoms with Crippen molar-refractivity contribution in [1.29, 1.82) is 0 Å². The van der Waals surface area contributed by atoms with Crippen LogP contribution in [0.3, 0.4) is 0 Å². The van der Waals surface area contributed by atoms with Crippen molar-refractivity contribution in [2.75, 3.05) is 26.3 Å². The first kappa shape index (κ1) is 30.0. The van der Waals surface area contributed by atoms with Crippen LogP contribution in [0.1, 0.15) is 35.3 Å². The minimum absolute atomic E-state index is 0.0271. The van der Waals surface area contributed by atoms with Gasteiger partial charge in [0.2, 0.25) is 0 Å². The lowest BCUT2D eigenvalue weighted by atomic mass is 9.86. The highest BCUT2D eigenvalue weighted by molar-refractivity contribution is 7.14. The highest BCUT2D eigenvalue weighted by atomic mass is 35.5. The highest BCUT2D eigenvalue weighted by Gasteiger charge is 2.41. The number of carbonyl (C=O) groups is 1. The van der Waals surface area contributed by atoms with Crippen molar-refractivity contribution in [2.45, 2.75) is 50.9 Å². The number of hydrogen-bond acceptors (Lipinski definition) is 7. The van der Waals surface area contributed by atoms with Crippen molar-refractivity contribution >= 4 is 69.2 Å². The second kappa shape index (κ2) is 12.9. The van der Waals surface area contributed by atoms with E-state index in [9.17, 15) is 4.79 Å². The maximum atomic E-state index is 14.3. The molecule has 7 nitrogen and oxygen atoms in total. The summed E-state index contributed by atoms with van der Waals surface area (Å²) in [7, 11) is 0. The number of nitrogens with zero attached hydrogens (tertiary/aromatic N) is 2. The fraction of sp³-hybridized carbons (Fsp3) is 0.400. The van der Waals surface area contributed by atoms with Crippen molar-refractivity contribution < 1.29 is 14.3 Å². The predicted octanol–water partition coefficient (Wildman–Crippen LogP) is 6.80. The van der Waals surface area contributed by atoms with Crippen LogP contribution in [0.4, 0.5) is 0 Å². The van der Waals surface area contributed by atoms with Crippen LogP contribution in [-0.2, 0) is 11.3 Å². The zero-order chi connectivity index (χ0) is 29.4. The van der Waals surface area contributed by atoms with Gasteiger partial charge in [-0.2, -0.15) is 0 Å². The van der Waals surface area contributed by atoms with E-state index in [-0.39, 0.29) is 37.2 Å². The summed E-state index contributed by atoms with van der Waals surface area (Å²) in [5, 5.41) is 9.56. The summed E-state index contributed by atoms with van der Waals surface area (Å²) in [6.07, 6.45) is 4.48. The van der Waals surface area contributed by atoms with Gasteiger partial charge in [-0.1, -0.05) is 69.9 Å². The minimum atomic E-state index is -0.0973. The van der Waals surface area contributed by atoms with E-state index in [1.165, 1.54) is 11.3 Å². The lowest BCUT2D eigenvalue weighted by Gasteiger charge is -2.40. The molecule has 0 unspecified atom stereocenters. The molecule has 1 saturated carbocycles. The van der Waals surface area contributed by atoms with Crippen LogP contribution in [0.5, 0.6) is 10.9 Å². The number of fused-ring (bicyclic) bond motifs is 2. The number of ether oxygens (including phenoxy) is 2. The molecule has 2 aromatic carbocycles. The zero-order valence-electron chi connectivity index (χ0n) is 22.9. The average molecular weight is 668 g/mol. The summed E-state index contributed by atoms with van der Waals surface area (Å²) in [5.41, 5.74) is 3.62. The van der Waals surface area contributed by atoms with Crippen molar-refractivity contribution in [2.24, 2.45) is 0 Å². The molecule has 2 aliphatic heterocycles. The maximum absolute atomic E-state index is 14.3. The Hall–Kier alpha value is -2.04. The molecule has 2 bridgehead atoms. The van der Waals surface area contributed by atoms with Crippen molar-refractivity contribution in [3.05, 3.63) is 78.2 Å². The highest BCUT2D eigenvalue weighted by Crippen LogP contribution is 2.40. The largest absolute Gasteiger partial charge is 0.487 e. The molecule has 2 atom stereocenters. The normalized spacial score (nSPS) is 20.0. The summed E-state index contributed by atoms with van der Waals surface area (Å²) in [5.74, 6) is 0.467. The number of rotatable bonds is 10. The molecular weight excluding hydrogens is 638 g/mol. The third-order valence-corrected chi connectivity index (χ3v) is 10.0. The Morgan fingerprint density at radius 3 is 2.60 bits per heavy atom. The molecule has 1 amide bonds. The number of halogens is 4. The molecule has 3 heterocycles. The number of piperazine rings is 1. The van der Waals surface area contributed by atoms with Crippen molar-refractivity contribution in [1.82, 2.24) is 20.5 Å². The summed E-state index contributed by atoms with van der Waals surface area (Å²) in [6, 6.07) is 9.50. The minimum Gasteiger partial charge on any atom is -0.487 e. The molecule has 1 saturated heterocycles. The molecule has 3 aromatic rings. The summed E-state index contributed by atoms with van der Waals surface area (Å²) in [6.45, 7) is 4.38. The first-order chi connectivity index (χ1) is 20.3. The Labute approximate surface area is 269 Å². The topological polar surface area (TPSA) is 75.7 Å². The van der Waals surface area contributed by atoms with Gasteiger partial charge in [0.15, 0.2) is 5.75 Å².